The van der Waals surface area contributed by atoms with Crippen LogP contribution in [0.25, 0.3) is 0 Å². The van der Waals surface area contributed by atoms with Gasteiger partial charge in [-0.25, -0.2) is 0 Å². The topological polar surface area (TPSA) is 39.1 Å². The zero-order valence-electron chi connectivity index (χ0n) is 8.41. The molecule has 0 N–H and O–H groups in total. The van der Waals surface area contributed by atoms with E-state index in [1.54, 1.807) is 6.20 Å². The molecule has 0 unspecified atom stereocenters. The van der Waals surface area contributed by atoms with Crippen molar-refractivity contribution in [3.05, 3.63) is 34.2 Å². The van der Waals surface area contributed by atoms with Crippen molar-refractivity contribution in [2.75, 3.05) is 0 Å². The summed E-state index contributed by atoms with van der Waals surface area (Å²) in [5.41, 5.74) is 0.129. The number of aryl methyl sites for hydroxylation is 1. The number of aromatic nitrogens is 1. The first-order chi connectivity index (χ1) is 6.50. The molecule has 1 aromatic heterocycles. The molecular formula is C11H13NO2. The summed E-state index contributed by atoms with van der Waals surface area (Å²) in [6.45, 7) is 4.67. The third-order valence-electron chi connectivity index (χ3n) is 2.83. The number of rotatable bonds is 0. The maximum Gasteiger partial charge on any atom is 0.184 e. The molecule has 3 heteroatoms. The molecule has 0 radical (unpaired) electrons. The van der Waals surface area contributed by atoms with E-state index < -0.39 is 0 Å². The molecule has 3 nitrogen and oxygen atoms in total. The predicted octanol–water partition coefficient (Wildman–Crippen LogP) is 1.46. The third kappa shape index (κ3) is 1.29. The highest BCUT2D eigenvalue weighted by Gasteiger charge is 2.33. The van der Waals surface area contributed by atoms with Gasteiger partial charge in [0.1, 0.15) is 0 Å². The summed E-state index contributed by atoms with van der Waals surface area (Å²) in [6.07, 6.45) is 2.53. The number of ketones is 1. The smallest absolute Gasteiger partial charge is 0.184 e. The lowest BCUT2D eigenvalue weighted by atomic mass is 9.80. The Morgan fingerprint density at radius 3 is 2.79 bits per heavy atom. The monoisotopic (exact) mass is 191 g/mol. The van der Waals surface area contributed by atoms with Crippen LogP contribution >= 0.6 is 0 Å². The second kappa shape index (κ2) is 2.80. The van der Waals surface area contributed by atoms with E-state index >= 15 is 0 Å². The number of nitrogens with zero attached hydrogens (tertiary/aromatic N) is 1. The molecule has 2 heterocycles. The van der Waals surface area contributed by atoms with Crippen molar-refractivity contribution in [3.63, 3.8) is 0 Å². The first-order valence-electron chi connectivity index (χ1n) is 4.76. The fourth-order valence-electron chi connectivity index (χ4n) is 1.76. The molecule has 0 aromatic carbocycles. The quantitative estimate of drug-likeness (QED) is 0.622. The van der Waals surface area contributed by atoms with Crippen molar-refractivity contribution in [1.29, 1.82) is 0 Å². The summed E-state index contributed by atoms with van der Waals surface area (Å²) in [6, 6.07) is 2.93. The van der Waals surface area contributed by atoms with Crippen molar-refractivity contribution in [2.45, 2.75) is 26.8 Å². The van der Waals surface area contributed by atoms with E-state index in [4.69, 9.17) is 0 Å². The van der Waals surface area contributed by atoms with Gasteiger partial charge < -0.3 is 4.57 Å². The molecular weight excluding hydrogens is 178 g/mol. The van der Waals surface area contributed by atoms with Gasteiger partial charge in [0.05, 0.1) is 5.69 Å². The average Bonchev–Trinajstić information content (AvgIpc) is 2.13. The van der Waals surface area contributed by atoms with E-state index in [2.05, 4.69) is 0 Å². The van der Waals surface area contributed by atoms with Crippen LogP contribution in [-0.2, 0) is 6.54 Å². The van der Waals surface area contributed by atoms with Crippen LogP contribution in [-0.4, -0.2) is 10.4 Å². The van der Waals surface area contributed by atoms with Crippen LogP contribution in [0.4, 0.5) is 0 Å². The van der Waals surface area contributed by atoms with Gasteiger partial charge in [0.25, 0.3) is 0 Å². The lowest BCUT2D eigenvalue weighted by molar-refractivity contribution is 0.0776. The van der Waals surface area contributed by atoms with Gasteiger partial charge >= 0.3 is 0 Å². The van der Waals surface area contributed by atoms with E-state index in [1.165, 1.54) is 12.1 Å². The standard InChI is InChI=1S/C11H13NO2/c1-11(2)4-6-12-5-3-8(13)7-9(12)10(11)14/h3,5,7H,4,6H2,1-2H3. The highest BCUT2D eigenvalue weighted by atomic mass is 16.1. The number of fused-ring (bicyclic) bond motifs is 1. The third-order valence-corrected chi connectivity index (χ3v) is 2.83. The van der Waals surface area contributed by atoms with Gasteiger partial charge in [-0.05, 0) is 6.42 Å². The molecule has 1 aliphatic heterocycles. The van der Waals surface area contributed by atoms with Gasteiger partial charge in [0.15, 0.2) is 11.2 Å². The molecule has 0 amide bonds. The highest BCUT2D eigenvalue weighted by Crippen LogP contribution is 2.30. The van der Waals surface area contributed by atoms with Crippen LogP contribution in [0.2, 0.25) is 0 Å². The van der Waals surface area contributed by atoms with E-state index in [9.17, 15) is 9.59 Å². The number of Topliss-reactive ketones (excluding diaryl/α,β-unsaturated/α-hetero) is 1. The highest BCUT2D eigenvalue weighted by molar-refractivity contribution is 5.99. The normalized spacial score (nSPS) is 19.1. The lowest BCUT2D eigenvalue weighted by Crippen LogP contribution is -2.35. The molecule has 2 rings (SSSR count). The summed E-state index contributed by atoms with van der Waals surface area (Å²) in [4.78, 5) is 23.1. The molecule has 14 heavy (non-hydrogen) atoms. The van der Waals surface area contributed by atoms with Crippen molar-refractivity contribution in [1.82, 2.24) is 4.57 Å². The zero-order valence-corrected chi connectivity index (χ0v) is 8.41. The van der Waals surface area contributed by atoms with Crippen molar-refractivity contribution >= 4 is 5.78 Å². The zero-order chi connectivity index (χ0) is 10.3. The number of hydrogen-bond donors (Lipinski definition) is 0. The fourth-order valence-corrected chi connectivity index (χ4v) is 1.76. The molecule has 0 fully saturated rings. The van der Waals surface area contributed by atoms with E-state index in [1.807, 2.05) is 18.4 Å². The Balaban J connectivity index is 2.60. The summed E-state index contributed by atoms with van der Waals surface area (Å²) in [5.74, 6) is 0.0708. The van der Waals surface area contributed by atoms with Crippen molar-refractivity contribution < 1.29 is 4.79 Å². The summed E-state index contributed by atoms with van der Waals surface area (Å²) in [5, 5.41) is 0. The molecule has 1 aliphatic rings. The Morgan fingerprint density at radius 2 is 2.07 bits per heavy atom. The maximum absolute atomic E-state index is 11.9. The van der Waals surface area contributed by atoms with E-state index in [-0.39, 0.29) is 16.6 Å². The molecule has 0 aliphatic carbocycles. The van der Waals surface area contributed by atoms with Gasteiger partial charge in [0, 0.05) is 30.3 Å². The molecule has 0 saturated heterocycles. The second-order valence-electron chi connectivity index (χ2n) is 4.40. The van der Waals surface area contributed by atoms with Crippen LogP contribution in [0.1, 0.15) is 30.8 Å². The number of pyridine rings is 1. The molecule has 0 bridgehead atoms. The first kappa shape index (κ1) is 9.19. The van der Waals surface area contributed by atoms with Gasteiger partial charge in [-0.2, -0.15) is 0 Å². The van der Waals surface area contributed by atoms with Crippen molar-refractivity contribution in [2.24, 2.45) is 5.41 Å². The Bertz CT molecular complexity index is 443. The molecule has 1 aromatic rings. The average molecular weight is 191 g/mol. The maximum atomic E-state index is 11.9. The molecule has 74 valence electrons. The predicted molar refractivity (Wildman–Crippen MR) is 53.4 cm³/mol. The Hall–Kier alpha value is -1.38. The van der Waals surface area contributed by atoms with Crippen LogP contribution in [0.3, 0.4) is 0 Å². The summed E-state index contributed by atoms with van der Waals surface area (Å²) >= 11 is 0. The number of hydrogen-bond acceptors (Lipinski definition) is 2. The summed E-state index contributed by atoms with van der Waals surface area (Å²) in [7, 11) is 0. The SMILES string of the molecule is CC1(C)CCn2ccc(=O)cc2C1=O. The van der Waals surface area contributed by atoms with E-state index in [0.29, 0.717) is 5.69 Å². The van der Waals surface area contributed by atoms with Crippen LogP contribution < -0.4 is 5.43 Å². The number of carbonyl (C=O) groups is 1. The van der Waals surface area contributed by atoms with E-state index in [0.717, 1.165) is 13.0 Å². The van der Waals surface area contributed by atoms with Gasteiger partial charge in [-0.1, -0.05) is 13.8 Å². The molecule has 0 saturated carbocycles. The molecule has 0 atom stereocenters. The van der Waals surface area contributed by atoms with Crippen LogP contribution in [0, 0.1) is 5.41 Å². The first-order valence-corrected chi connectivity index (χ1v) is 4.76. The fraction of sp³-hybridized carbons (Fsp3) is 0.455. The van der Waals surface area contributed by atoms with Gasteiger partial charge in [-0.15, -0.1) is 0 Å². The second-order valence-corrected chi connectivity index (χ2v) is 4.40. The lowest BCUT2D eigenvalue weighted by Gasteiger charge is -2.30. The van der Waals surface area contributed by atoms with Gasteiger partial charge in [0.2, 0.25) is 0 Å². The number of carbonyl (C=O) groups excluding carboxylic acids is 1. The Labute approximate surface area is 82.4 Å². The van der Waals surface area contributed by atoms with Crippen LogP contribution in [0.5, 0.6) is 0 Å². The van der Waals surface area contributed by atoms with Crippen molar-refractivity contribution in [3.8, 4) is 0 Å². The largest absolute Gasteiger partial charge is 0.345 e. The molecule has 0 spiro atoms. The van der Waals surface area contributed by atoms with Gasteiger partial charge in [-0.3, -0.25) is 9.59 Å². The minimum atomic E-state index is -0.326. The Morgan fingerprint density at radius 1 is 1.36 bits per heavy atom. The minimum absolute atomic E-state index is 0.0708. The minimum Gasteiger partial charge on any atom is -0.345 e. The van der Waals surface area contributed by atoms with Crippen LogP contribution in [0.15, 0.2) is 23.1 Å². The Kier molecular flexibility index (Phi) is 1.84. The summed E-state index contributed by atoms with van der Waals surface area (Å²) < 4.78 is 1.86.